The van der Waals surface area contributed by atoms with Crippen molar-refractivity contribution >= 4 is 38.6 Å². The molecule has 0 heterocycles. The minimum absolute atomic E-state index is 0.123. The van der Waals surface area contributed by atoms with E-state index in [-0.39, 0.29) is 5.41 Å². The number of nitrogens with zero attached hydrogens (tertiary/aromatic N) is 1. The van der Waals surface area contributed by atoms with Crippen LogP contribution in [0.2, 0.25) is 0 Å². The van der Waals surface area contributed by atoms with E-state index in [1.165, 1.54) is 135 Å². The summed E-state index contributed by atoms with van der Waals surface area (Å²) in [5.41, 5.74) is 14.8. The zero-order chi connectivity index (χ0) is 36.7. The van der Waals surface area contributed by atoms with Crippen LogP contribution in [0.15, 0.2) is 140 Å². The fourth-order valence-corrected chi connectivity index (χ4v) is 11.8. The van der Waals surface area contributed by atoms with Gasteiger partial charge in [0.1, 0.15) is 0 Å². The molecule has 0 N–H and O–H groups in total. The van der Waals surface area contributed by atoms with Crippen molar-refractivity contribution in [3.63, 3.8) is 0 Å². The molecule has 1 heteroatoms. The molecule has 3 unspecified atom stereocenters. The number of fused-ring (bicyclic) bond motifs is 7. The molecule has 2 bridgehead atoms. The zero-order valence-electron chi connectivity index (χ0n) is 32.4. The first-order valence-corrected chi connectivity index (χ1v) is 21.2. The molecule has 7 aromatic carbocycles. The Balaban J connectivity index is 1.18. The van der Waals surface area contributed by atoms with Crippen molar-refractivity contribution in [3.05, 3.63) is 162 Å². The van der Waals surface area contributed by atoms with Crippen molar-refractivity contribution < 1.29 is 0 Å². The van der Waals surface area contributed by atoms with Gasteiger partial charge in [0.25, 0.3) is 0 Å². The summed E-state index contributed by atoms with van der Waals surface area (Å²) in [5.74, 6) is 3.09. The van der Waals surface area contributed by atoms with E-state index in [9.17, 15) is 0 Å². The third-order valence-corrected chi connectivity index (χ3v) is 14.6. The lowest BCUT2D eigenvalue weighted by atomic mass is 9.80. The highest BCUT2D eigenvalue weighted by Gasteiger charge is 2.41. The van der Waals surface area contributed by atoms with Gasteiger partial charge in [-0.25, -0.2) is 0 Å². The van der Waals surface area contributed by atoms with E-state index in [1.54, 1.807) is 5.56 Å². The van der Waals surface area contributed by atoms with Crippen LogP contribution in [-0.2, 0) is 5.41 Å². The zero-order valence-corrected chi connectivity index (χ0v) is 32.4. The van der Waals surface area contributed by atoms with Crippen LogP contribution in [0.1, 0.15) is 106 Å². The minimum atomic E-state index is -0.123. The highest BCUT2D eigenvalue weighted by Crippen LogP contribution is 2.57. The van der Waals surface area contributed by atoms with E-state index in [1.807, 2.05) is 0 Å². The van der Waals surface area contributed by atoms with Gasteiger partial charge in [-0.1, -0.05) is 149 Å². The van der Waals surface area contributed by atoms with Gasteiger partial charge in [-0.3, -0.25) is 0 Å². The lowest BCUT2D eigenvalue weighted by Crippen LogP contribution is -2.18. The quantitative estimate of drug-likeness (QED) is 0.166. The molecule has 3 fully saturated rings. The molecular formula is C54H51N. The van der Waals surface area contributed by atoms with Gasteiger partial charge in [-0.2, -0.15) is 0 Å². The summed E-state index contributed by atoms with van der Waals surface area (Å²) in [5, 5.41) is 5.35. The van der Waals surface area contributed by atoms with Crippen LogP contribution in [0.3, 0.4) is 0 Å². The lowest BCUT2D eigenvalue weighted by molar-refractivity contribution is 0.422. The molecule has 1 nitrogen and oxygen atoms in total. The van der Waals surface area contributed by atoms with E-state index < -0.39 is 0 Å². The van der Waals surface area contributed by atoms with Gasteiger partial charge < -0.3 is 4.90 Å². The molecule has 0 radical (unpaired) electrons. The highest BCUT2D eigenvalue weighted by molar-refractivity contribution is 6.07. The van der Waals surface area contributed by atoms with Crippen LogP contribution >= 0.6 is 0 Å². The second-order valence-corrected chi connectivity index (χ2v) is 17.9. The smallest absolute Gasteiger partial charge is 0.0544 e. The summed E-state index contributed by atoms with van der Waals surface area (Å²) >= 11 is 0. The monoisotopic (exact) mass is 713 g/mol. The molecule has 0 aliphatic heterocycles. The first kappa shape index (κ1) is 33.2. The van der Waals surface area contributed by atoms with Crippen LogP contribution in [0.5, 0.6) is 0 Å². The highest BCUT2D eigenvalue weighted by atomic mass is 15.1. The maximum atomic E-state index is 2.63. The summed E-state index contributed by atoms with van der Waals surface area (Å²) in [6, 6.07) is 54.1. The number of rotatable bonds is 6. The molecule has 0 saturated heterocycles. The number of anilines is 3. The fourth-order valence-electron chi connectivity index (χ4n) is 11.8. The molecule has 3 atom stereocenters. The lowest BCUT2D eigenvalue weighted by Gasteiger charge is -2.33. The largest absolute Gasteiger partial charge is 0.309 e. The maximum absolute atomic E-state index is 2.63. The second kappa shape index (κ2) is 13.0. The predicted octanol–water partition coefficient (Wildman–Crippen LogP) is 15.4. The Hall–Kier alpha value is -5.14. The second-order valence-electron chi connectivity index (χ2n) is 17.9. The summed E-state index contributed by atoms with van der Waals surface area (Å²) < 4.78 is 0. The van der Waals surface area contributed by atoms with Gasteiger partial charge >= 0.3 is 0 Å². The molecule has 3 saturated carbocycles. The van der Waals surface area contributed by atoms with Gasteiger partial charge in [0.05, 0.1) is 11.4 Å². The Morgan fingerprint density at radius 1 is 0.509 bits per heavy atom. The number of benzene rings is 7. The average Bonchev–Trinajstić information content (AvgIpc) is 3.94. The summed E-state index contributed by atoms with van der Waals surface area (Å²) in [6.07, 6.45) is 12.3. The molecule has 0 amide bonds. The van der Waals surface area contributed by atoms with E-state index >= 15 is 0 Å². The summed E-state index contributed by atoms with van der Waals surface area (Å²) in [6.45, 7) is 4.84. The molecule has 272 valence electrons. The first-order chi connectivity index (χ1) is 27.0. The van der Waals surface area contributed by atoms with E-state index in [0.29, 0.717) is 11.8 Å². The molecule has 4 aliphatic carbocycles. The first-order valence-electron chi connectivity index (χ1n) is 21.2. The Bertz CT molecular complexity index is 2580. The minimum Gasteiger partial charge on any atom is -0.309 e. The van der Waals surface area contributed by atoms with Crippen LogP contribution in [0.4, 0.5) is 17.1 Å². The van der Waals surface area contributed by atoms with Gasteiger partial charge in [-0.15, -0.1) is 0 Å². The fraction of sp³-hybridized carbons (Fsp3) is 0.296. The molecule has 55 heavy (non-hydrogen) atoms. The van der Waals surface area contributed by atoms with Crippen molar-refractivity contribution in [1.29, 1.82) is 0 Å². The third-order valence-electron chi connectivity index (χ3n) is 14.6. The molecular weight excluding hydrogens is 663 g/mol. The van der Waals surface area contributed by atoms with Gasteiger partial charge in [0, 0.05) is 22.1 Å². The van der Waals surface area contributed by atoms with Crippen molar-refractivity contribution in [1.82, 2.24) is 0 Å². The van der Waals surface area contributed by atoms with Crippen LogP contribution in [0.25, 0.3) is 43.8 Å². The maximum Gasteiger partial charge on any atom is 0.0544 e. The van der Waals surface area contributed by atoms with Gasteiger partial charge in [-0.05, 0) is 141 Å². The molecule has 11 rings (SSSR count). The standard InChI is InChI=1S/C54H51N/c1-54(2)50-22-11-10-19-45(50)48-33-49(42-21-12-16-38-15-6-7-17-41(38)42)53(34-51(48)54)55(40-27-25-37(26-28-40)36-13-4-3-5-14-36)52-30-29-44(43-18-8-9-20-46(43)52)47-32-35-23-24-39(47)31-35/h6-12,15-22,25-30,33-36,39,47H,3-5,13-14,23-24,31-32H2,1-2H3. The van der Waals surface area contributed by atoms with Crippen LogP contribution in [-0.4, -0.2) is 0 Å². The SMILES string of the molecule is CC1(C)c2ccccc2-c2cc(-c3cccc4ccccc34)c(N(c3ccc(C4CCCCC4)cc3)c3ccc(C4CC5CCC4C5)c4ccccc34)cc21. The number of hydrogen-bond donors (Lipinski definition) is 0. The predicted molar refractivity (Wildman–Crippen MR) is 233 cm³/mol. The van der Waals surface area contributed by atoms with Crippen LogP contribution < -0.4 is 4.90 Å². The van der Waals surface area contributed by atoms with Crippen molar-refractivity contribution in [2.45, 2.75) is 88.9 Å². The van der Waals surface area contributed by atoms with Gasteiger partial charge in [0.15, 0.2) is 0 Å². The molecule has 0 aromatic heterocycles. The third kappa shape index (κ3) is 5.33. The van der Waals surface area contributed by atoms with E-state index in [0.717, 1.165) is 11.8 Å². The molecule has 7 aromatic rings. The normalized spacial score (nSPS) is 21.2. The average molecular weight is 714 g/mol. The van der Waals surface area contributed by atoms with Crippen molar-refractivity contribution in [3.8, 4) is 22.3 Å². The van der Waals surface area contributed by atoms with E-state index in [2.05, 4.69) is 158 Å². The van der Waals surface area contributed by atoms with Crippen molar-refractivity contribution in [2.24, 2.45) is 11.8 Å². The van der Waals surface area contributed by atoms with Crippen molar-refractivity contribution in [2.75, 3.05) is 4.90 Å². The van der Waals surface area contributed by atoms with E-state index in [4.69, 9.17) is 0 Å². The van der Waals surface area contributed by atoms with Crippen LogP contribution in [0, 0.1) is 11.8 Å². The van der Waals surface area contributed by atoms with Gasteiger partial charge in [0.2, 0.25) is 0 Å². The Morgan fingerprint density at radius 2 is 1.24 bits per heavy atom. The Labute approximate surface area is 327 Å². The number of hydrogen-bond acceptors (Lipinski definition) is 1. The molecule has 4 aliphatic rings. The Morgan fingerprint density at radius 3 is 2.04 bits per heavy atom. The summed E-state index contributed by atoms with van der Waals surface area (Å²) in [4.78, 5) is 2.63. The molecule has 0 spiro atoms. The summed E-state index contributed by atoms with van der Waals surface area (Å²) in [7, 11) is 0. The Kier molecular flexibility index (Phi) is 7.84. The topological polar surface area (TPSA) is 3.24 Å².